The number of hydrogen-bond acceptors (Lipinski definition) is 2. The zero-order valence-corrected chi connectivity index (χ0v) is 12.2. The van der Waals surface area contributed by atoms with Gasteiger partial charge in [-0.15, -0.1) is 6.58 Å². The molecule has 1 aromatic rings. The number of ether oxygens (including phenoxy) is 1. The number of piperidine rings is 1. The molecule has 1 aliphatic heterocycles. The van der Waals surface area contributed by atoms with Crippen LogP contribution in [0.1, 0.15) is 24.8 Å². The summed E-state index contributed by atoms with van der Waals surface area (Å²) in [6, 6.07) is 7.96. The first-order valence-electron chi connectivity index (χ1n) is 7.63. The highest BCUT2D eigenvalue weighted by molar-refractivity contribution is 5.34. The van der Waals surface area contributed by atoms with E-state index in [4.69, 9.17) is 4.74 Å². The van der Waals surface area contributed by atoms with Crippen LogP contribution in [-0.4, -0.2) is 37.5 Å². The number of hydrogen-bond donors (Lipinski definition) is 2. The lowest BCUT2D eigenvalue weighted by molar-refractivity contribution is -0.908. The lowest BCUT2D eigenvalue weighted by Crippen LogP contribution is -3.14. The van der Waals surface area contributed by atoms with Crippen LogP contribution in [0.5, 0.6) is 5.75 Å². The summed E-state index contributed by atoms with van der Waals surface area (Å²) in [5.41, 5.74) is 1.13. The minimum absolute atomic E-state index is 0.373. The van der Waals surface area contributed by atoms with E-state index < -0.39 is 0 Å². The number of nitrogens with one attached hydrogen (secondary N) is 1. The molecule has 0 aliphatic carbocycles. The molecule has 1 fully saturated rings. The van der Waals surface area contributed by atoms with Gasteiger partial charge in [0, 0.05) is 0 Å². The summed E-state index contributed by atoms with van der Waals surface area (Å²) in [6.45, 7) is 7.30. The first-order chi connectivity index (χ1) is 9.79. The van der Waals surface area contributed by atoms with Gasteiger partial charge in [-0.2, -0.15) is 0 Å². The van der Waals surface area contributed by atoms with Crippen molar-refractivity contribution < 1.29 is 14.7 Å². The van der Waals surface area contributed by atoms with Gasteiger partial charge in [0.25, 0.3) is 0 Å². The van der Waals surface area contributed by atoms with Crippen LogP contribution in [0.2, 0.25) is 0 Å². The number of rotatable bonds is 7. The fourth-order valence-electron chi connectivity index (χ4n) is 2.80. The maximum atomic E-state index is 10.1. The third-order valence-corrected chi connectivity index (χ3v) is 3.85. The summed E-state index contributed by atoms with van der Waals surface area (Å²) in [6.07, 6.45) is 6.18. The molecule has 110 valence electrons. The Morgan fingerprint density at radius 2 is 2.00 bits per heavy atom. The Morgan fingerprint density at radius 3 is 2.75 bits per heavy atom. The number of allylic oxidation sites excluding steroid dienone is 1. The average Bonchev–Trinajstić information content (AvgIpc) is 2.48. The van der Waals surface area contributed by atoms with E-state index in [0.29, 0.717) is 6.61 Å². The minimum atomic E-state index is -0.389. The second-order valence-electron chi connectivity index (χ2n) is 5.58. The highest BCUT2D eigenvalue weighted by atomic mass is 16.5. The van der Waals surface area contributed by atoms with Gasteiger partial charge in [-0.05, 0) is 37.3 Å². The van der Waals surface area contributed by atoms with Gasteiger partial charge in [-0.25, -0.2) is 0 Å². The van der Waals surface area contributed by atoms with E-state index >= 15 is 0 Å². The van der Waals surface area contributed by atoms with Gasteiger partial charge in [-0.1, -0.05) is 24.3 Å². The Morgan fingerprint density at radius 1 is 1.25 bits per heavy atom. The van der Waals surface area contributed by atoms with Crippen molar-refractivity contribution in [1.29, 1.82) is 0 Å². The number of para-hydroxylation sites is 1. The lowest BCUT2D eigenvalue weighted by Gasteiger charge is -2.25. The fraction of sp³-hybridized carbons (Fsp3) is 0.529. The molecular formula is C17H26NO2+. The molecule has 0 unspecified atom stereocenters. The van der Waals surface area contributed by atoms with Crippen LogP contribution in [0.3, 0.4) is 0 Å². The van der Waals surface area contributed by atoms with Crippen LogP contribution in [0, 0.1) is 0 Å². The van der Waals surface area contributed by atoms with E-state index in [2.05, 4.69) is 6.58 Å². The third kappa shape index (κ3) is 4.66. The molecule has 1 saturated heterocycles. The topological polar surface area (TPSA) is 33.9 Å². The molecule has 1 heterocycles. The van der Waals surface area contributed by atoms with Gasteiger partial charge >= 0.3 is 0 Å². The van der Waals surface area contributed by atoms with E-state index in [-0.39, 0.29) is 6.10 Å². The first-order valence-corrected chi connectivity index (χ1v) is 7.63. The molecule has 0 amide bonds. The molecule has 0 bridgehead atoms. The van der Waals surface area contributed by atoms with Crippen molar-refractivity contribution in [3.05, 3.63) is 42.5 Å². The van der Waals surface area contributed by atoms with Crippen molar-refractivity contribution >= 4 is 0 Å². The van der Waals surface area contributed by atoms with Gasteiger partial charge in [0.05, 0.1) is 13.1 Å². The number of quaternary nitrogens is 1. The minimum Gasteiger partial charge on any atom is -0.490 e. The van der Waals surface area contributed by atoms with Crippen LogP contribution in [0.15, 0.2) is 36.9 Å². The van der Waals surface area contributed by atoms with E-state index in [0.717, 1.165) is 24.3 Å². The zero-order valence-electron chi connectivity index (χ0n) is 12.2. The normalized spacial score (nSPS) is 17.6. The van der Waals surface area contributed by atoms with Crippen LogP contribution >= 0.6 is 0 Å². The number of aliphatic hydroxyl groups is 1. The summed E-state index contributed by atoms with van der Waals surface area (Å²) in [5.74, 6) is 0.861. The van der Waals surface area contributed by atoms with Crippen molar-refractivity contribution in [3.8, 4) is 5.75 Å². The van der Waals surface area contributed by atoms with Gasteiger partial charge in [0.1, 0.15) is 25.0 Å². The van der Waals surface area contributed by atoms with Crippen molar-refractivity contribution in [2.24, 2.45) is 0 Å². The standard InChI is InChI=1S/C17H25NO2/c1-2-8-15-9-4-5-10-17(15)20-14-16(19)13-18-11-6-3-7-12-18/h2,4-5,9-10,16,19H,1,3,6-8,11-14H2/p+1/t16-/m0/s1. The van der Waals surface area contributed by atoms with Gasteiger partial charge < -0.3 is 14.7 Å². The van der Waals surface area contributed by atoms with Crippen LogP contribution < -0.4 is 9.64 Å². The Balaban J connectivity index is 1.80. The van der Waals surface area contributed by atoms with Crippen molar-refractivity contribution in [2.45, 2.75) is 31.8 Å². The maximum Gasteiger partial charge on any atom is 0.137 e. The molecule has 2 N–H and O–H groups in total. The van der Waals surface area contributed by atoms with Crippen LogP contribution in [0.4, 0.5) is 0 Å². The summed E-state index contributed by atoms with van der Waals surface area (Å²) < 4.78 is 5.78. The molecule has 0 aromatic heterocycles. The quantitative estimate of drug-likeness (QED) is 0.734. The van der Waals surface area contributed by atoms with Crippen molar-refractivity contribution in [2.75, 3.05) is 26.2 Å². The second kappa shape index (κ2) is 8.08. The SMILES string of the molecule is C=CCc1ccccc1OC[C@@H](O)C[NH+]1CCCCC1. The summed E-state index contributed by atoms with van der Waals surface area (Å²) in [4.78, 5) is 1.51. The highest BCUT2D eigenvalue weighted by Crippen LogP contribution is 2.18. The molecule has 1 aliphatic rings. The number of benzene rings is 1. The first kappa shape index (κ1) is 15.1. The van der Waals surface area contributed by atoms with Crippen molar-refractivity contribution in [3.63, 3.8) is 0 Å². The average molecular weight is 276 g/mol. The summed E-state index contributed by atoms with van der Waals surface area (Å²) in [5, 5.41) is 10.1. The Bertz CT molecular complexity index is 413. The molecule has 3 heteroatoms. The highest BCUT2D eigenvalue weighted by Gasteiger charge is 2.18. The second-order valence-corrected chi connectivity index (χ2v) is 5.58. The molecule has 0 radical (unpaired) electrons. The van der Waals surface area contributed by atoms with E-state index in [9.17, 15) is 5.11 Å². The van der Waals surface area contributed by atoms with Crippen LogP contribution in [-0.2, 0) is 6.42 Å². The van der Waals surface area contributed by atoms with E-state index in [1.807, 2.05) is 30.3 Å². The Labute approximate surface area is 121 Å². The maximum absolute atomic E-state index is 10.1. The smallest absolute Gasteiger partial charge is 0.137 e. The Kier molecular flexibility index (Phi) is 6.09. The van der Waals surface area contributed by atoms with Gasteiger partial charge in [-0.3, -0.25) is 0 Å². The molecule has 3 nitrogen and oxygen atoms in total. The number of likely N-dealkylation sites (tertiary alicyclic amines) is 1. The fourth-order valence-corrected chi connectivity index (χ4v) is 2.80. The predicted octanol–water partition coefficient (Wildman–Crippen LogP) is 1.22. The molecule has 2 rings (SSSR count). The molecule has 20 heavy (non-hydrogen) atoms. The molecule has 0 spiro atoms. The van der Waals surface area contributed by atoms with Gasteiger partial charge in [0.2, 0.25) is 0 Å². The van der Waals surface area contributed by atoms with E-state index in [1.165, 1.54) is 37.3 Å². The molecule has 0 saturated carbocycles. The lowest BCUT2D eigenvalue weighted by atomic mass is 10.1. The van der Waals surface area contributed by atoms with Gasteiger partial charge in [0.15, 0.2) is 0 Å². The molecular weight excluding hydrogens is 250 g/mol. The predicted molar refractivity (Wildman–Crippen MR) is 81.3 cm³/mol. The largest absolute Gasteiger partial charge is 0.490 e. The third-order valence-electron chi connectivity index (χ3n) is 3.85. The van der Waals surface area contributed by atoms with Crippen molar-refractivity contribution in [1.82, 2.24) is 0 Å². The summed E-state index contributed by atoms with van der Waals surface area (Å²) in [7, 11) is 0. The van der Waals surface area contributed by atoms with Crippen LogP contribution in [0.25, 0.3) is 0 Å². The summed E-state index contributed by atoms with van der Waals surface area (Å²) >= 11 is 0. The monoisotopic (exact) mass is 276 g/mol. The zero-order chi connectivity index (χ0) is 14.2. The van der Waals surface area contributed by atoms with E-state index in [1.54, 1.807) is 0 Å². The number of aliphatic hydroxyl groups excluding tert-OH is 1. The molecule has 1 aromatic carbocycles. The molecule has 1 atom stereocenters. The Hall–Kier alpha value is -1.32.